The van der Waals surface area contributed by atoms with Crippen LogP contribution in [0.2, 0.25) is 0 Å². The highest BCUT2D eigenvalue weighted by molar-refractivity contribution is 9.10. The Bertz CT molecular complexity index is 789. The van der Waals surface area contributed by atoms with Gasteiger partial charge in [0, 0.05) is 10.7 Å². The first-order valence-electron chi connectivity index (χ1n) is 6.54. The topological polar surface area (TPSA) is 56.7 Å². The Hall–Kier alpha value is -1.40. The lowest BCUT2D eigenvalue weighted by atomic mass is 10.4. The van der Waals surface area contributed by atoms with Crippen molar-refractivity contribution in [3.05, 3.63) is 39.9 Å². The molecule has 3 aromatic heterocycles. The predicted octanol–water partition coefficient (Wildman–Crippen LogP) is 4.15. The molecule has 0 fully saturated rings. The van der Waals surface area contributed by atoms with Crippen LogP contribution in [-0.4, -0.2) is 19.5 Å². The largest absolute Gasteiger partial charge is 0.444 e. The van der Waals surface area contributed by atoms with Crippen molar-refractivity contribution in [2.45, 2.75) is 32.7 Å². The maximum Gasteiger partial charge on any atom is 0.214 e. The van der Waals surface area contributed by atoms with E-state index in [4.69, 9.17) is 16.0 Å². The molecule has 0 aliphatic carbocycles. The number of pyridine rings is 1. The summed E-state index contributed by atoms with van der Waals surface area (Å²) in [5.41, 5.74) is 2.46. The number of hydrogen-bond donors (Lipinski definition) is 0. The first kappa shape index (κ1) is 14.5. The van der Waals surface area contributed by atoms with Crippen LogP contribution in [0.1, 0.15) is 35.5 Å². The Balaban J connectivity index is 2.12. The van der Waals surface area contributed by atoms with E-state index in [1.165, 1.54) is 0 Å². The molecule has 3 aromatic rings. The molecule has 0 amide bonds. The minimum absolute atomic E-state index is 0.227. The molecule has 1 atom stereocenters. The van der Waals surface area contributed by atoms with Gasteiger partial charge in [-0.2, -0.15) is 0 Å². The lowest BCUT2D eigenvalue weighted by molar-refractivity contribution is 0.455. The van der Waals surface area contributed by atoms with Crippen molar-refractivity contribution in [2.75, 3.05) is 0 Å². The SMILES string of the molecule is Cc1nc(Cn2c(C(C)Cl)nc3cc(Br)cnc32)oc1C. The molecule has 0 aliphatic rings. The standard InChI is InChI=1S/C14H14BrClN4O/c1-7(16)13-19-11-4-10(15)5-17-14(11)20(13)6-12-18-8(2)9(3)21-12/h4-5,7H,6H2,1-3H3. The highest BCUT2D eigenvalue weighted by atomic mass is 79.9. The van der Waals surface area contributed by atoms with Gasteiger partial charge in [0.1, 0.15) is 23.6 Å². The third kappa shape index (κ3) is 2.70. The van der Waals surface area contributed by atoms with E-state index < -0.39 is 0 Å². The summed E-state index contributed by atoms with van der Waals surface area (Å²) >= 11 is 9.66. The van der Waals surface area contributed by atoms with Gasteiger partial charge in [0.2, 0.25) is 5.89 Å². The Labute approximate surface area is 135 Å². The zero-order valence-electron chi connectivity index (χ0n) is 11.9. The van der Waals surface area contributed by atoms with E-state index in [2.05, 4.69) is 30.9 Å². The van der Waals surface area contributed by atoms with Gasteiger partial charge in [-0.25, -0.2) is 15.0 Å². The maximum atomic E-state index is 6.25. The molecule has 3 rings (SSSR count). The van der Waals surface area contributed by atoms with Crippen LogP contribution < -0.4 is 0 Å². The number of hydrogen-bond acceptors (Lipinski definition) is 4. The summed E-state index contributed by atoms with van der Waals surface area (Å²) in [6.07, 6.45) is 1.75. The molecule has 0 aliphatic heterocycles. The second kappa shape index (κ2) is 5.42. The molecule has 0 saturated carbocycles. The Morgan fingerprint density at radius 1 is 1.38 bits per heavy atom. The van der Waals surface area contributed by atoms with Crippen molar-refractivity contribution in [3.63, 3.8) is 0 Å². The molecular formula is C14H14BrClN4O. The van der Waals surface area contributed by atoms with E-state index in [0.29, 0.717) is 12.4 Å². The number of oxazole rings is 1. The van der Waals surface area contributed by atoms with Gasteiger partial charge >= 0.3 is 0 Å². The van der Waals surface area contributed by atoms with Crippen molar-refractivity contribution >= 4 is 38.7 Å². The van der Waals surface area contributed by atoms with Gasteiger partial charge in [-0.3, -0.25) is 0 Å². The molecule has 0 N–H and O–H groups in total. The van der Waals surface area contributed by atoms with Crippen LogP contribution in [0, 0.1) is 13.8 Å². The first-order chi connectivity index (χ1) is 9.95. The van der Waals surface area contributed by atoms with E-state index in [-0.39, 0.29) is 5.38 Å². The number of imidazole rings is 1. The van der Waals surface area contributed by atoms with Crippen LogP contribution >= 0.6 is 27.5 Å². The highest BCUT2D eigenvalue weighted by Gasteiger charge is 2.18. The second-order valence-corrected chi connectivity index (χ2v) is 6.49. The average molecular weight is 370 g/mol. The van der Waals surface area contributed by atoms with Gasteiger partial charge in [0.25, 0.3) is 0 Å². The molecular weight excluding hydrogens is 356 g/mol. The van der Waals surface area contributed by atoms with Gasteiger partial charge in [-0.15, -0.1) is 11.6 Å². The average Bonchev–Trinajstić information content (AvgIpc) is 2.91. The number of halogens is 2. The van der Waals surface area contributed by atoms with Crippen molar-refractivity contribution in [1.82, 2.24) is 19.5 Å². The smallest absolute Gasteiger partial charge is 0.214 e. The fourth-order valence-corrected chi connectivity index (χ4v) is 2.69. The van der Waals surface area contributed by atoms with E-state index in [1.807, 2.05) is 31.4 Å². The minimum Gasteiger partial charge on any atom is -0.444 e. The van der Waals surface area contributed by atoms with Crippen molar-refractivity contribution in [1.29, 1.82) is 0 Å². The number of aryl methyl sites for hydroxylation is 2. The third-order valence-electron chi connectivity index (χ3n) is 3.30. The summed E-state index contributed by atoms with van der Waals surface area (Å²) in [6.45, 7) is 6.18. The minimum atomic E-state index is -0.227. The summed E-state index contributed by atoms with van der Waals surface area (Å²) in [6, 6.07) is 1.92. The molecule has 0 radical (unpaired) electrons. The van der Waals surface area contributed by atoms with Gasteiger partial charge in [-0.05, 0) is 42.8 Å². The molecule has 0 saturated heterocycles. The Morgan fingerprint density at radius 2 is 2.14 bits per heavy atom. The van der Waals surface area contributed by atoms with Crippen LogP contribution in [0.5, 0.6) is 0 Å². The lowest BCUT2D eigenvalue weighted by Gasteiger charge is -2.07. The van der Waals surface area contributed by atoms with E-state index in [9.17, 15) is 0 Å². The fraction of sp³-hybridized carbons (Fsp3) is 0.357. The maximum absolute atomic E-state index is 6.25. The highest BCUT2D eigenvalue weighted by Crippen LogP contribution is 2.26. The molecule has 0 spiro atoms. The van der Waals surface area contributed by atoms with E-state index in [0.717, 1.165) is 32.9 Å². The van der Waals surface area contributed by atoms with Gasteiger partial charge in [-0.1, -0.05) is 0 Å². The zero-order valence-corrected chi connectivity index (χ0v) is 14.2. The molecule has 21 heavy (non-hydrogen) atoms. The van der Waals surface area contributed by atoms with Crippen LogP contribution in [0.15, 0.2) is 21.2 Å². The molecule has 7 heteroatoms. The normalized spacial score (nSPS) is 13.0. The van der Waals surface area contributed by atoms with Crippen molar-refractivity contribution < 1.29 is 4.42 Å². The quantitative estimate of drug-likeness (QED) is 0.651. The molecule has 110 valence electrons. The van der Waals surface area contributed by atoms with Crippen LogP contribution in [0.25, 0.3) is 11.2 Å². The van der Waals surface area contributed by atoms with Crippen LogP contribution in [-0.2, 0) is 6.54 Å². The number of fused-ring (bicyclic) bond motifs is 1. The van der Waals surface area contributed by atoms with Crippen molar-refractivity contribution in [3.8, 4) is 0 Å². The lowest BCUT2D eigenvalue weighted by Crippen LogP contribution is -2.06. The monoisotopic (exact) mass is 368 g/mol. The fourth-order valence-electron chi connectivity index (χ4n) is 2.21. The number of aromatic nitrogens is 4. The number of alkyl halides is 1. The van der Waals surface area contributed by atoms with Crippen molar-refractivity contribution in [2.24, 2.45) is 0 Å². The second-order valence-electron chi connectivity index (χ2n) is 4.92. The third-order valence-corrected chi connectivity index (χ3v) is 3.93. The van der Waals surface area contributed by atoms with Crippen LogP contribution in [0.4, 0.5) is 0 Å². The Morgan fingerprint density at radius 3 is 2.76 bits per heavy atom. The summed E-state index contributed by atoms with van der Waals surface area (Å²) in [5, 5.41) is -0.227. The molecule has 1 unspecified atom stereocenters. The summed E-state index contributed by atoms with van der Waals surface area (Å²) in [7, 11) is 0. The zero-order chi connectivity index (χ0) is 15.1. The number of rotatable bonds is 3. The van der Waals surface area contributed by atoms with Gasteiger partial charge < -0.3 is 8.98 Å². The molecule has 0 aromatic carbocycles. The molecule has 3 heterocycles. The molecule has 0 bridgehead atoms. The molecule has 5 nitrogen and oxygen atoms in total. The van der Waals surface area contributed by atoms with E-state index >= 15 is 0 Å². The summed E-state index contributed by atoms with van der Waals surface area (Å²) < 4.78 is 8.49. The Kier molecular flexibility index (Phi) is 3.75. The summed E-state index contributed by atoms with van der Waals surface area (Å²) in [5.74, 6) is 2.21. The van der Waals surface area contributed by atoms with E-state index in [1.54, 1.807) is 6.20 Å². The van der Waals surface area contributed by atoms with Gasteiger partial charge in [0.15, 0.2) is 5.65 Å². The van der Waals surface area contributed by atoms with Gasteiger partial charge in [0.05, 0.1) is 11.1 Å². The summed E-state index contributed by atoms with van der Waals surface area (Å²) in [4.78, 5) is 13.4. The first-order valence-corrected chi connectivity index (χ1v) is 7.77. The van der Waals surface area contributed by atoms with Crippen LogP contribution in [0.3, 0.4) is 0 Å². The predicted molar refractivity (Wildman–Crippen MR) is 84.6 cm³/mol. The number of nitrogens with zero attached hydrogens (tertiary/aromatic N) is 4.